The van der Waals surface area contributed by atoms with Gasteiger partial charge in [0, 0.05) is 22.9 Å². The Hall–Kier alpha value is -2.27. The number of rotatable bonds is 4. The van der Waals surface area contributed by atoms with Crippen LogP contribution in [0.1, 0.15) is 5.69 Å². The Balaban J connectivity index is 1.88. The van der Waals surface area contributed by atoms with E-state index in [2.05, 4.69) is 20.4 Å². The summed E-state index contributed by atoms with van der Waals surface area (Å²) in [6, 6.07) is 16.0. The van der Waals surface area contributed by atoms with Crippen LogP contribution in [-0.4, -0.2) is 22.4 Å². The largest absolute Gasteiger partial charge is 0.301 e. The number of hydrogen-bond donors (Lipinski definition) is 1. The van der Waals surface area contributed by atoms with Gasteiger partial charge in [0.1, 0.15) is 12.0 Å². The Labute approximate surface area is 123 Å². The van der Waals surface area contributed by atoms with Gasteiger partial charge in [0.2, 0.25) is 0 Å². The standard InChI is InChI=1S/C15H14N4S/c20-11-15-18-17-14(10-12-6-4-5-9-16-12)19(15)13-7-2-1-3-8-13/h1-9,11,15,18H,10H2. The van der Waals surface area contributed by atoms with Crippen LogP contribution in [0, 0.1) is 0 Å². The molecule has 0 aliphatic carbocycles. The van der Waals surface area contributed by atoms with E-state index in [0.29, 0.717) is 6.42 Å². The number of pyridine rings is 1. The molecule has 1 aromatic heterocycles. The lowest BCUT2D eigenvalue weighted by atomic mass is 10.2. The Bertz CT molecular complexity index is 612. The van der Waals surface area contributed by atoms with Crippen molar-refractivity contribution in [2.45, 2.75) is 12.6 Å². The van der Waals surface area contributed by atoms with Crippen LogP contribution in [0.25, 0.3) is 0 Å². The van der Waals surface area contributed by atoms with Gasteiger partial charge in [0.25, 0.3) is 0 Å². The molecule has 100 valence electrons. The van der Waals surface area contributed by atoms with Crippen LogP contribution in [0.4, 0.5) is 5.69 Å². The van der Waals surface area contributed by atoms with Crippen molar-refractivity contribution in [2.75, 3.05) is 4.90 Å². The highest BCUT2D eigenvalue weighted by molar-refractivity contribution is 7.79. The Morgan fingerprint density at radius 1 is 1.15 bits per heavy atom. The van der Waals surface area contributed by atoms with Crippen molar-refractivity contribution in [3.05, 3.63) is 60.4 Å². The van der Waals surface area contributed by atoms with E-state index >= 15 is 0 Å². The van der Waals surface area contributed by atoms with Crippen LogP contribution in [0.3, 0.4) is 0 Å². The average molecular weight is 282 g/mol. The first-order chi connectivity index (χ1) is 9.88. The first-order valence-electron chi connectivity index (χ1n) is 6.40. The molecule has 20 heavy (non-hydrogen) atoms. The van der Waals surface area contributed by atoms with Crippen LogP contribution in [0.15, 0.2) is 59.8 Å². The zero-order valence-electron chi connectivity index (χ0n) is 10.8. The van der Waals surface area contributed by atoms with Gasteiger partial charge in [0.15, 0.2) is 0 Å². The maximum absolute atomic E-state index is 5.09. The van der Waals surface area contributed by atoms with Crippen molar-refractivity contribution in [3.63, 3.8) is 0 Å². The number of amidine groups is 1. The lowest BCUT2D eigenvalue weighted by Crippen LogP contribution is -2.41. The van der Waals surface area contributed by atoms with Gasteiger partial charge in [0.05, 0.1) is 6.42 Å². The highest BCUT2D eigenvalue weighted by Gasteiger charge is 2.27. The van der Waals surface area contributed by atoms with E-state index in [4.69, 9.17) is 12.2 Å². The maximum atomic E-state index is 5.09. The normalized spacial score (nSPS) is 17.5. The second kappa shape index (κ2) is 5.79. The fraction of sp³-hybridized carbons (Fsp3) is 0.133. The summed E-state index contributed by atoms with van der Waals surface area (Å²) in [5.74, 6) is 0.918. The summed E-state index contributed by atoms with van der Waals surface area (Å²) < 4.78 is 0. The van der Waals surface area contributed by atoms with Gasteiger partial charge < -0.3 is 4.90 Å². The number of hydrazone groups is 1. The minimum atomic E-state index is -0.0916. The van der Waals surface area contributed by atoms with Gasteiger partial charge >= 0.3 is 0 Å². The van der Waals surface area contributed by atoms with Crippen LogP contribution in [0.2, 0.25) is 0 Å². The number of anilines is 1. The van der Waals surface area contributed by atoms with E-state index in [0.717, 1.165) is 17.2 Å². The SMILES string of the molecule is S=CC1NN=C(Cc2ccccn2)N1c1ccccc1. The van der Waals surface area contributed by atoms with Crippen molar-refractivity contribution in [1.29, 1.82) is 0 Å². The molecule has 0 saturated carbocycles. The number of aromatic nitrogens is 1. The number of para-hydroxylation sites is 1. The molecule has 2 aromatic rings. The molecule has 1 unspecified atom stereocenters. The fourth-order valence-electron chi connectivity index (χ4n) is 2.19. The summed E-state index contributed by atoms with van der Waals surface area (Å²) in [5.41, 5.74) is 5.10. The van der Waals surface area contributed by atoms with Gasteiger partial charge in [-0.2, -0.15) is 5.10 Å². The molecule has 1 aliphatic rings. The van der Waals surface area contributed by atoms with Crippen LogP contribution in [-0.2, 0) is 6.42 Å². The van der Waals surface area contributed by atoms with Gasteiger partial charge in [-0.15, -0.1) is 0 Å². The predicted molar refractivity (Wildman–Crippen MR) is 84.9 cm³/mol. The summed E-state index contributed by atoms with van der Waals surface area (Å²) in [4.78, 5) is 6.45. The molecule has 5 heteroatoms. The maximum Gasteiger partial charge on any atom is 0.150 e. The lowest BCUT2D eigenvalue weighted by molar-refractivity contribution is 0.734. The molecule has 0 radical (unpaired) electrons. The molecule has 0 fully saturated rings. The summed E-state index contributed by atoms with van der Waals surface area (Å²) in [7, 11) is 0. The van der Waals surface area contributed by atoms with E-state index in [1.807, 2.05) is 48.5 Å². The molecule has 3 rings (SSSR count). The molecule has 1 N–H and O–H groups in total. The van der Waals surface area contributed by atoms with Gasteiger partial charge in [-0.05, 0) is 24.3 Å². The van der Waals surface area contributed by atoms with Crippen LogP contribution in [0.5, 0.6) is 0 Å². The zero-order chi connectivity index (χ0) is 13.8. The number of thiocarbonyl (C=S) groups is 1. The van der Waals surface area contributed by atoms with E-state index in [1.165, 1.54) is 0 Å². The van der Waals surface area contributed by atoms with Crippen LogP contribution >= 0.6 is 12.2 Å². The summed E-state index contributed by atoms with van der Waals surface area (Å²) in [6.07, 6.45) is 2.37. The molecule has 1 aliphatic heterocycles. The average Bonchev–Trinajstić information content (AvgIpc) is 2.92. The third-order valence-electron chi connectivity index (χ3n) is 3.11. The van der Waals surface area contributed by atoms with Gasteiger partial charge in [-0.25, -0.2) is 0 Å². The quantitative estimate of drug-likeness (QED) is 0.874. The first-order valence-corrected chi connectivity index (χ1v) is 6.87. The van der Waals surface area contributed by atoms with E-state index in [9.17, 15) is 0 Å². The number of hydrogen-bond acceptors (Lipinski definition) is 5. The number of benzene rings is 1. The molecular formula is C15H14N4S. The van der Waals surface area contributed by atoms with Gasteiger partial charge in [-0.3, -0.25) is 10.4 Å². The van der Waals surface area contributed by atoms with Crippen molar-refractivity contribution >= 4 is 29.1 Å². The van der Waals surface area contributed by atoms with Crippen LogP contribution < -0.4 is 10.3 Å². The van der Waals surface area contributed by atoms with Gasteiger partial charge in [-0.1, -0.05) is 36.5 Å². The number of nitrogens with zero attached hydrogens (tertiary/aromatic N) is 3. The molecule has 4 nitrogen and oxygen atoms in total. The molecule has 0 saturated heterocycles. The third kappa shape index (κ3) is 2.53. The Morgan fingerprint density at radius 2 is 1.95 bits per heavy atom. The molecule has 0 spiro atoms. The topological polar surface area (TPSA) is 40.5 Å². The highest BCUT2D eigenvalue weighted by Crippen LogP contribution is 2.20. The predicted octanol–water partition coefficient (Wildman–Crippen LogP) is 2.37. The molecular weight excluding hydrogens is 268 g/mol. The molecule has 0 amide bonds. The van der Waals surface area contributed by atoms with Crippen molar-refractivity contribution in [1.82, 2.24) is 10.4 Å². The van der Waals surface area contributed by atoms with E-state index < -0.39 is 0 Å². The Kier molecular flexibility index (Phi) is 3.69. The third-order valence-corrected chi connectivity index (χ3v) is 3.37. The molecule has 0 bridgehead atoms. The molecule has 2 heterocycles. The van der Waals surface area contributed by atoms with Crippen molar-refractivity contribution < 1.29 is 0 Å². The first kappa shape index (κ1) is 12.7. The summed E-state index contributed by atoms with van der Waals surface area (Å²) >= 11 is 5.09. The van der Waals surface area contributed by atoms with E-state index in [1.54, 1.807) is 11.6 Å². The smallest absolute Gasteiger partial charge is 0.150 e. The Morgan fingerprint density at radius 3 is 2.65 bits per heavy atom. The molecule has 1 atom stereocenters. The molecule has 1 aromatic carbocycles. The van der Waals surface area contributed by atoms with Crippen molar-refractivity contribution in [2.24, 2.45) is 5.10 Å². The zero-order valence-corrected chi connectivity index (χ0v) is 11.6. The second-order valence-corrected chi connectivity index (χ2v) is 4.71. The number of nitrogens with one attached hydrogen (secondary N) is 1. The minimum absolute atomic E-state index is 0.0916. The highest BCUT2D eigenvalue weighted by atomic mass is 32.1. The minimum Gasteiger partial charge on any atom is -0.301 e. The lowest BCUT2D eigenvalue weighted by Gasteiger charge is -2.24. The second-order valence-electron chi connectivity index (χ2n) is 4.44. The summed E-state index contributed by atoms with van der Waals surface area (Å²) in [5, 5.41) is 6.08. The summed E-state index contributed by atoms with van der Waals surface area (Å²) in [6.45, 7) is 0. The van der Waals surface area contributed by atoms with Crippen molar-refractivity contribution in [3.8, 4) is 0 Å². The van der Waals surface area contributed by atoms with E-state index in [-0.39, 0.29) is 6.17 Å². The monoisotopic (exact) mass is 282 g/mol. The fourth-order valence-corrected chi connectivity index (χ4v) is 2.37.